The molecule has 41 heavy (non-hydrogen) atoms. The van der Waals surface area contributed by atoms with Crippen molar-refractivity contribution in [3.63, 3.8) is 0 Å². The maximum Gasteiger partial charge on any atom is 0.252 e. The Morgan fingerprint density at radius 3 is 2.44 bits per heavy atom. The summed E-state index contributed by atoms with van der Waals surface area (Å²) in [4.78, 5) is 14.0. The summed E-state index contributed by atoms with van der Waals surface area (Å²) in [7, 11) is -2.92. The number of aromatic nitrogens is 7. The molecule has 1 aromatic carbocycles. The van der Waals surface area contributed by atoms with Gasteiger partial charge >= 0.3 is 0 Å². The summed E-state index contributed by atoms with van der Waals surface area (Å²) in [5, 5.41) is 13.5. The van der Waals surface area contributed by atoms with Crippen molar-refractivity contribution in [3.8, 4) is 17.2 Å². The highest BCUT2D eigenvalue weighted by Gasteiger charge is 2.58. The molecule has 1 saturated heterocycles. The Morgan fingerprint density at radius 2 is 1.78 bits per heavy atom. The molecule has 2 atom stereocenters. The van der Waals surface area contributed by atoms with Gasteiger partial charge in [-0.15, -0.1) is 10.2 Å². The van der Waals surface area contributed by atoms with Crippen LogP contribution in [0.4, 0.5) is 8.78 Å². The normalized spacial score (nSPS) is 22.9. The van der Waals surface area contributed by atoms with Gasteiger partial charge in [0, 0.05) is 12.1 Å². The molecule has 0 amide bonds. The van der Waals surface area contributed by atoms with Crippen molar-refractivity contribution in [3.05, 3.63) is 76.8 Å². The van der Waals surface area contributed by atoms with Crippen LogP contribution in [0.1, 0.15) is 68.5 Å². The van der Waals surface area contributed by atoms with Gasteiger partial charge in [-0.05, 0) is 60.4 Å². The average molecular weight is 580 g/mol. The van der Waals surface area contributed by atoms with Gasteiger partial charge in [-0.2, -0.15) is 9.78 Å². The lowest BCUT2D eigenvalue weighted by Gasteiger charge is -2.42. The predicted molar refractivity (Wildman–Crippen MR) is 148 cm³/mol. The van der Waals surface area contributed by atoms with Crippen molar-refractivity contribution in [1.29, 1.82) is 0 Å². The third-order valence-corrected chi connectivity index (χ3v) is 11.1. The van der Waals surface area contributed by atoms with Crippen LogP contribution < -0.4 is 0 Å². The Morgan fingerprint density at radius 1 is 1.07 bits per heavy atom. The van der Waals surface area contributed by atoms with Crippen LogP contribution in [0.2, 0.25) is 0 Å². The molecule has 3 aromatic heterocycles. The van der Waals surface area contributed by atoms with E-state index in [9.17, 15) is 17.2 Å². The highest BCUT2D eigenvalue weighted by Crippen LogP contribution is 2.62. The van der Waals surface area contributed by atoms with Crippen molar-refractivity contribution in [2.75, 3.05) is 11.5 Å². The van der Waals surface area contributed by atoms with Crippen LogP contribution in [0.3, 0.4) is 0 Å². The second-order valence-electron chi connectivity index (χ2n) is 11.8. The Labute approximate surface area is 237 Å². The standard InChI is InChI=1S/C29H31F2N7O2S/c1-6-29(23-10-16(2)33-27(34-23)38-15-32-24(37-38)11-18-13-41(39,40)14-18)26-19(17(3)28(29,4)5)12-22(35-36-26)25-20(30)8-7-9-21(25)31/h7-10,12,15,17-18H,6,11,13-14H2,1-5H3/t17-,29-/m0/s1. The van der Waals surface area contributed by atoms with E-state index in [0.29, 0.717) is 24.6 Å². The van der Waals surface area contributed by atoms with Crippen molar-refractivity contribution >= 4 is 9.84 Å². The van der Waals surface area contributed by atoms with E-state index < -0.39 is 32.3 Å². The first-order valence-corrected chi connectivity index (χ1v) is 15.5. The van der Waals surface area contributed by atoms with Gasteiger partial charge in [0.2, 0.25) is 0 Å². The van der Waals surface area contributed by atoms with Crippen molar-refractivity contribution < 1.29 is 17.2 Å². The van der Waals surface area contributed by atoms with Gasteiger partial charge in [-0.1, -0.05) is 33.8 Å². The summed E-state index contributed by atoms with van der Waals surface area (Å²) in [5.41, 5.74) is 1.98. The molecule has 1 fully saturated rings. The maximum atomic E-state index is 14.6. The molecular weight excluding hydrogens is 548 g/mol. The van der Waals surface area contributed by atoms with Crippen LogP contribution in [-0.4, -0.2) is 54.9 Å². The van der Waals surface area contributed by atoms with Crippen LogP contribution in [0.15, 0.2) is 36.7 Å². The molecule has 0 saturated carbocycles. The van der Waals surface area contributed by atoms with Crippen molar-refractivity contribution in [2.45, 2.75) is 58.8 Å². The minimum Gasteiger partial charge on any atom is -0.229 e. The van der Waals surface area contributed by atoms with Crippen LogP contribution in [0.25, 0.3) is 17.2 Å². The summed E-state index contributed by atoms with van der Waals surface area (Å²) < 4.78 is 53.9. The molecule has 0 N–H and O–H groups in total. The Hall–Kier alpha value is -3.67. The van der Waals surface area contributed by atoms with Gasteiger partial charge in [0.05, 0.1) is 39.6 Å². The molecule has 0 spiro atoms. The molecule has 9 nitrogen and oxygen atoms in total. The summed E-state index contributed by atoms with van der Waals surface area (Å²) in [6.45, 7) is 10.4. The zero-order chi connectivity index (χ0) is 29.3. The van der Waals surface area contributed by atoms with Crippen LogP contribution in [-0.2, 0) is 21.7 Å². The number of aryl methyl sites for hydroxylation is 1. The lowest BCUT2D eigenvalue weighted by atomic mass is 9.60. The van der Waals surface area contributed by atoms with E-state index in [4.69, 9.17) is 4.98 Å². The van der Waals surface area contributed by atoms with Crippen molar-refractivity contribution in [1.82, 2.24) is 34.9 Å². The molecule has 12 heteroatoms. The third-order valence-electron chi connectivity index (χ3n) is 9.10. The summed E-state index contributed by atoms with van der Waals surface area (Å²) in [6, 6.07) is 7.46. The first-order valence-electron chi connectivity index (χ1n) is 13.7. The topological polar surface area (TPSA) is 116 Å². The van der Waals surface area contributed by atoms with Gasteiger partial charge in [0.25, 0.3) is 5.95 Å². The molecule has 4 heterocycles. The molecule has 1 aliphatic heterocycles. The van der Waals surface area contributed by atoms with Gasteiger partial charge in [0.1, 0.15) is 18.0 Å². The summed E-state index contributed by atoms with van der Waals surface area (Å²) >= 11 is 0. The SMILES string of the molecule is CC[C@]1(c2cc(C)nc(-n3cnc(CC4CS(=O)(=O)C4)n3)n2)c2nnc(-c3c(F)cccc3F)cc2[C@H](C)C1(C)C. The Balaban J connectivity index is 1.43. The van der Waals surface area contributed by atoms with E-state index in [1.54, 1.807) is 12.4 Å². The van der Waals surface area contributed by atoms with Gasteiger partial charge < -0.3 is 0 Å². The average Bonchev–Trinajstić information content (AvgIpc) is 3.42. The largest absolute Gasteiger partial charge is 0.252 e. The van der Waals surface area contributed by atoms with Gasteiger partial charge in [-0.25, -0.2) is 32.2 Å². The molecule has 6 rings (SSSR count). The van der Waals surface area contributed by atoms with E-state index in [1.807, 2.05) is 13.0 Å². The molecular formula is C29H31F2N7O2S. The lowest BCUT2D eigenvalue weighted by molar-refractivity contribution is 0.178. The lowest BCUT2D eigenvalue weighted by Crippen LogP contribution is -2.42. The number of benzene rings is 1. The maximum absolute atomic E-state index is 14.6. The summed E-state index contributed by atoms with van der Waals surface area (Å²) in [5.74, 6) is -0.177. The zero-order valence-electron chi connectivity index (χ0n) is 23.6. The minimum atomic E-state index is -2.92. The first-order chi connectivity index (χ1) is 19.4. The smallest absolute Gasteiger partial charge is 0.229 e. The van der Waals surface area contributed by atoms with E-state index >= 15 is 0 Å². The monoisotopic (exact) mass is 579 g/mol. The number of hydrogen-bond donors (Lipinski definition) is 0. The summed E-state index contributed by atoms with van der Waals surface area (Å²) in [6.07, 6.45) is 2.67. The van der Waals surface area contributed by atoms with E-state index in [2.05, 4.69) is 53.0 Å². The van der Waals surface area contributed by atoms with Gasteiger partial charge in [0.15, 0.2) is 15.7 Å². The molecule has 4 aromatic rings. The van der Waals surface area contributed by atoms with Gasteiger partial charge in [-0.3, -0.25) is 0 Å². The molecule has 214 valence electrons. The quantitative estimate of drug-likeness (QED) is 0.327. The third kappa shape index (κ3) is 4.25. The molecule has 0 radical (unpaired) electrons. The molecule has 0 unspecified atom stereocenters. The number of rotatable bonds is 6. The zero-order valence-corrected chi connectivity index (χ0v) is 24.4. The fourth-order valence-electron chi connectivity index (χ4n) is 6.66. The Kier molecular flexibility index (Phi) is 6.33. The van der Waals surface area contributed by atoms with E-state index in [-0.39, 0.29) is 34.6 Å². The minimum absolute atomic E-state index is 0.0202. The predicted octanol–water partition coefficient (Wildman–Crippen LogP) is 4.53. The first kappa shape index (κ1) is 27.5. The highest BCUT2D eigenvalue weighted by atomic mass is 32.2. The fourth-order valence-corrected chi connectivity index (χ4v) is 8.23. The van der Waals surface area contributed by atoms with E-state index in [0.717, 1.165) is 22.6 Å². The van der Waals surface area contributed by atoms with E-state index in [1.165, 1.54) is 22.9 Å². The number of halogens is 2. The van der Waals surface area contributed by atoms with Crippen molar-refractivity contribution in [2.24, 2.45) is 11.3 Å². The molecule has 0 bridgehead atoms. The van der Waals surface area contributed by atoms with Crippen LogP contribution >= 0.6 is 0 Å². The number of nitrogens with zero attached hydrogens (tertiary/aromatic N) is 7. The number of hydrogen-bond acceptors (Lipinski definition) is 8. The molecule has 2 aliphatic rings. The van der Waals surface area contributed by atoms with Crippen LogP contribution in [0.5, 0.6) is 0 Å². The second-order valence-corrected chi connectivity index (χ2v) is 13.9. The second kappa shape index (κ2) is 9.43. The highest BCUT2D eigenvalue weighted by molar-refractivity contribution is 7.92. The number of fused-ring (bicyclic) bond motifs is 1. The Bertz CT molecular complexity index is 1760. The molecule has 1 aliphatic carbocycles. The fraction of sp³-hybridized carbons (Fsp3) is 0.448. The van der Waals surface area contributed by atoms with Crippen LogP contribution in [0, 0.1) is 29.9 Å². The number of sulfone groups is 1.